The van der Waals surface area contributed by atoms with Crippen LogP contribution in [-0.2, 0) is 21.6 Å². The number of likely N-dealkylation sites (tertiary alicyclic amines) is 1. The molecule has 0 bridgehead atoms. The number of rotatable bonds is 2. The van der Waals surface area contributed by atoms with Crippen molar-refractivity contribution in [2.75, 3.05) is 24.5 Å². The van der Waals surface area contributed by atoms with E-state index < -0.39 is 0 Å². The molecule has 6 heteroatoms. The van der Waals surface area contributed by atoms with Gasteiger partial charge in [-0.1, -0.05) is 41.9 Å². The highest BCUT2D eigenvalue weighted by Gasteiger charge is 2.46. The maximum Gasteiger partial charge on any atom is 0.410 e. The lowest BCUT2D eigenvalue weighted by molar-refractivity contribution is -0.116. The van der Waals surface area contributed by atoms with Gasteiger partial charge < -0.3 is 14.5 Å². The van der Waals surface area contributed by atoms with Crippen molar-refractivity contribution in [2.45, 2.75) is 31.8 Å². The fourth-order valence-corrected chi connectivity index (χ4v) is 4.45. The van der Waals surface area contributed by atoms with Gasteiger partial charge in [0.1, 0.15) is 6.61 Å². The molecule has 2 aliphatic rings. The van der Waals surface area contributed by atoms with Crippen LogP contribution in [0.25, 0.3) is 0 Å². The molecule has 146 valence electrons. The Morgan fingerprint density at radius 1 is 1.11 bits per heavy atom. The third-order valence-corrected chi connectivity index (χ3v) is 6.08. The van der Waals surface area contributed by atoms with E-state index in [9.17, 15) is 9.59 Å². The number of hydrogen-bond acceptors (Lipinski definition) is 3. The van der Waals surface area contributed by atoms with Crippen LogP contribution in [0.1, 0.15) is 30.9 Å². The van der Waals surface area contributed by atoms with Gasteiger partial charge in [0.05, 0.1) is 0 Å². The quantitative estimate of drug-likeness (QED) is 0.754. The molecule has 1 spiro atoms. The highest BCUT2D eigenvalue weighted by Crippen LogP contribution is 2.48. The molecule has 1 saturated heterocycles. The normalized spacial score (nSPS) is 17.5. The van der Waals surface area contributed by atoms with Crippen molar-refractivity contribution in [3.63, 3.8) is 0 Å². The van der Waals surface area contributed by atoms with Crippen molar-refractivity contribution in [1.82, 2.24) is 4.90 Å². The van der Waals surface area contributed by atoms with Crippen molar-refractivity contribution in [2.24, 2.45) is 0 Å². The lowest BCUT2D eigenvalue weighted by Gasteiger charge is -2.39. The molecule has 0 aromatic heterocycles. The second kappa shape index (κ2) is 7.47. The molecular formula is C22H23ClN2O3. The zero-order valence-electron chi connectivity index (χ0n) is 15.9. The molecule has 2 amide bonds. The highest BCUT2D eigenvalue weighted by atomic mass is 35.5. The third kappa shape index (κ3) is 3.47. The number of carbonyl (C=O) groups is 2. The summed E-state index contributed by atoms with van der Waals surface area (Å²) in [5.74, 6) is 0.0325. The summed E-state index contributed by atoms with van der Waals surface area (Å²) < 4.78 is 5.47. The fraction of sp³-hybridized carbons (Fsp3) is 0.364. The molecule has 0 aliphatic carbocycles. The maximum atomic E-state index is 12.5. The first-order valence-corrected chi connectivity index (χ1v) is 9.90. The molecule has 0 radical (unpaired) electrons. The van der Waals surface area contributed by atoms with Gasteiger partial charge >= 0.3 is 6.09 Å². The summed E-state index contributed by atoms with van der Waals surface area (Å²) in [5, 5.41) is 0.674. The number of anilines is 1. The summed E-state index contributed by atoms with van der Waals surface area (Å²) in [6, 6.07) is 15.4. The molecule has 28 heavy (non-hydrogen) atoms. The predicted octanol–water partition coefficient (Wildman–Crippen LogP) is 4.38. The molecule has 0 unspecified atom stereocenters. The minimum Gasteiger partial charge on any atom is -0.445 e. The number of halogens is 1. The molecule has 5 nitrogen and oxygen atoms in total. The van der Waals surface area contributed by atoms with Crippen LogP contribution in [0.5, 0.6) is 0 Å². The van der Waals surface area contributed by atoms with E-state index in [0.29, 0.717) is 24.7 Å². The molecule has 2 aromatic carbocycles. The van der Waals surface area contributed by atoms with Gasteiger partial charge in [-0.25, -0.2) is 4.79 Å². The standard InChI is InChI=1S/C22H23ClN2O3/c1-16(26)25-15-22(19-13-18(23)7-8-20(19)25)9-11-24(12-10-22)21(27)28-14-17-5-3-2-4-6-17/h2-8,13H,9-12,14-15H2,1H3. The predicted molar refractivity (Wildman–Crippen MR) is 109 cm³/mol. The van der Waals surface area contributed by atoms with Crippen molar-refractivity contribution in [3.05, 3.63) is 64.7 Å². The lowest BCUT2D eigenvalue weighted by Crippen LogP contribution is -2.47. The second-order valence-corrected chi connectivity index (χ2v) is 8.01. The number of carbonyl (C=O) groups excluding carboxylic acids is 2. The molecule has 0 saturated carbocycles. The summed E-state index contributed by atoms with van der Waals surface area (Å²) in [5.41, 5.74) is 2.88. The summed E-state index contributed by atoms with van der Waals surface area (Å²) in [4.78, 5) is 28.2. The largest absolute Gasteiger partial charge is 0.445 e. The highest BCUT2D eigenvalue weighted by molar-refractivity contribution is 6.30. The number of ether oxygens (including phenoxy) is 1. The number of piperidine rings is 1. The fourth-order valence-electron chi connectivity index (χ4n) is 4.28. The van der Waals surface area contributed by atoms with Crippen LogP contribution in [0.3, 0.4) is 0 Å². The van der Waals surface area contributed by atoms with Gasteiger partial charge in [-0.05, 0) is 42.2 Å². The van der Waals surface area contributed by atoms with Gasteiger partial charge in [0.25, 0.3) is 0 Å². The average Bonchev–Trinajstić information content (AvgIpc) is 3.01. The van der Waals surface area contributed by atoms with Crippen LogP contribution in [0.4, 0.5) is 10.5 Å². The van der Waals surface area contributed by atoms with Gasteiger partial charge in [-0.15, -0.1) is 0 Å². The van der Waals surface area contributed by atoms with Gasteiger partial charge in [0.2, 0.25) is 5.91 Å². The Bertz CT molecular complexity index is 892. The van der Waals surface area contributed by atoms with E-state index in [-0.39, 0.29) is 24.0 Å². The Morgan fingerprint density at radius 2 is 1.82 bits per heavy atom. The summed E-state index contributed by atoms with van der Waals surface area (Å²) >= 11 is 6.24. The average molecular weight is 399 g/mol. The summed E-state index contributed by atoms with van der Waals surface area (Å²) in [6.45, 7) is 3.72. The van der Waals surface area contributed by atoms with E-state index in [1.165, 1.54) is 0 Å². The van der Waals surface area contributed by atoms with Gasteiger partial charge in [0.15, 0.2) is 0 Å². The van der Waals surface area contributed by atoms with Crippen molar-refractivity contribution in [3.8, 4) is 0 Å². The van der Waals surface area contributed by atoms with Crippen molar-refractivity contribution >= 4 is 29.3 Å². The molecule has 2 aromatic rings. The number of fused-ring (bicyclic) bond motifs is 2. The smallest absolute Gasteiger partial charge is 0.410 e. The van der Waals surface area contributed by atoms with Crippen LogP contribution in [0, 0.1) is 0 Å². The molecule has 2 aliphatic heterocycles. The van der Waals surface area contributed by atoms with Gasteiger partial charge in [0, 0.05) is 42.7 Å². The van der Waals surface area contributed by atoms with E-state index in [2.05, 4.69) is 0 Å². The molecule has 0 atom stereocenters. The number of nitrogens with zero attached hydrogens (tertiary/aromatic N) is 2. The Hall–Kier alpha value is -2.53. The monoisotopic (exact) mass is 398 g/mol. The van der Waals surface area contributed by atoms with Gasteiger partial charge in [-0.2, -0.15) is 0 Å². The number of hydrogen-bond donors (Lipinski definition) is 0. The number of amides is 2. The summed E-state index contributed by atoms with van der Waals surface area (Å²) in [6.07, 6.45) is 1.28. The van der Waals surface area contributed by atoms with Crippen LogP contribution in [0.15, 0.2) is 48.5 Å². The Kier molecular flexibility index (Phi) is 5.02. The SMILES string of the molecule is CC(=O)N1CC2(CCN(C(=O)OCc3ccccc3)CC2)c2cc(Cl)ccc21. The second-order valence-electron chi connectivity index (χ2n) is 7.57. The molecule has 0 N–H and O–H groups in total. The molecular weight excluding hydrogens is 376 g/mol. The Morgan fingerprint density at radius 3 is 2.50 bits per heavy atom. The van der Waals surface area contributed by atoms with Gasteiger partial charge in [-0.3, -0.25) is 4.79 Å². The first-order chi connectivity index (χ1) is 13.5. The number of benzene rings is 2. The first kappa shape index (κ1) is 18.8. The van der Waals surface area contributed by atoms with E-state index in [1.54, 1.807) is 11.8 Å². The van der Waals surface area contributed by atoms with Crippen molar-refractivity contribution < 1.29 is 14.3 Å². The minimum absolute atomic E-state index is 0.0325. The molecule has 4 rings (SSSR count). The molecule has 2 heterocycles. The van der Waals surface area contributed by atoms with E-state index in [0.717, 1.165) is 29.7 Å². The van der Waals surface area contributed by atoms with E-state index in [4.69, 9.17) is 16.3 Å². The van der Waals surface area contributed by atoms with Crippen molar-refractivity contribution in [1.29, 1.82) is 0 Å². The third-order valence-electron chi connectivity index (χ3n) is 5.85. The topological polar surface area (TPSA) is 49.9 Å². The van der Waals surface area contributed by atoms with E-state index >= 15 is 0 Å². The minimum atomic E-state index is -0.286. The van der Waals surface area contributed by atoms with Crippen LogP contribution >= 0.6 is 11.6 Å². The first-order valence-electron chi connectivity index (χ1n) is 9.52. The Labute approximate surface area is 169 Å². The zero-order valence-corrected chi connectivity index (χ0v) is 16.6. The summed E-state index contributed by atoms with van der Waals surface area (Å²) in [7, 11) is 0. The van der Waals surface area contributed by atoms with E-state index in [1.807, 2.05) is 53.4 Å². The maximum absolute atomic E-state index is 12.5. The lowest BCUT2D eigenvalue weighted by atomic mass is 9.74. The van der Waals surface area contributed by atoms with Crippen LogP contribution in [0.2, 0.25) is 5.02 Å². The molecule has 1 fully saturated rings. The Balaban J connectivity index is 1.44. The van der Waals surface area contributed by atoms with Crippen LogP contribution in [-0.4, -0.2) is 36.5 Å². The van der Waals surface area contributed by atoms with Crippen LogP contribution < -0.4 is 4.90 Å². The zero-order chi connectivity index (χ0) is 19.7.